The Morgan fingerprint density at radius 1 is 1.50 bits per heavy atom. The lowest BCUT2D eigenvalue weighted by atomic mass is 9.86. The third-order valence-corrected chi connectivity index (χ3v) is 2.92. The van der Waals surface area contributed by atoms with Crippen LogP contribution in [0.5, 0.6) is 0 Å². The Hall–Kier alpha value is -0.770. The van der Waals surface area contributed by atoms with Crippen LogP contribution in [0, 0.1) is 5.92 Å². The Bertz CT molecular complexity index is 240. The van der Waals surface area contributed by atoms with Crippen LogP contribution in [0.15, 0.2) is 5.11 Å². The summed E-state index contributed by atoms with van der Waals surface area (Å²) < 4.78 is 5.57. The van der Waals surface area contributed by atoms with Gasteiger partial charge in [0.1, 0.15) is 0 Å². The molecule has 5 atom stereocenters. The lowest BCUT2D eigenvalue weighted by Gasteiger charge is -2.40. The molecule has 1 aliphatic rings. The highest BCUT2D eigenvalue weighted by Gasteiger charge is 2.39. The summed E-state index contributed by atoms with van der Waals surface area (Å²) in [6.07, 6.45) is -0.00940. The molecule has 1 saturated heterocycles. The molecule has 1 fully saturated rings. The molecule has 0 aromatic carbocycles. The minimum Gasteiger partial charge on any atom is -0.390 e. The Morgan fingerprint density at radius 3 is 2.64 bits per heavy atom. The quantitative estimate of drug-likeness (QED) is 0.418. The van der Waals surface area contributed by atoms with E-state index in [9.17, 15) is 5.11 Å². The van der Waals surface area contributed by atoms with Gasteiger partial charge in [0, 0.05) is 4.91 Å². The summed E-state index contributed by atoms with van der Waals surface area (Å²) in [5.41, 5.74) is 8.38. The monoisotopic (exact) mass is 199 g/mol. The van der Waals surface area contributed by atoms with Crippen molar-refractivity contribution in [2.24, 2.45) is 11.0 Å². The van der Waals surface area contributed by atoms with Crippen molar-refractivity contribution in [1.82, 2.24) is 0 Å². The normalized spacial score (nSPS) is 43.0. The van der Waals surface area contributed by atoms with Crippen molar-refractivity contribution in [3.63, 3.8) is 0 Å². The van der Waals surface area contributed by atoms with E-state index in [2.05, 4.69) is 10.0 Å². The number of nitrogens with zero attached hydrogens (tertiary/aromatic N) is 3. The van der Waals surface area contributed by atoms with E-state index in [1.54, 1.807) is 0 Å². The summed E-state index contributed by atoms with van der Waals surface area (Å²) in [5, 5.41) is 13.5. The van der Waals surface area contributed by atoms with Gasteiger partial charge in [-0.15, -0.1) is 0 Å². The molecule has 2 unspecified atom stereocenters. The standard InChI is InChI=1S/C9H17N3O2/c1-4-7-9(13)5(2)8(11-12-10)6(3)14-7/h5-9,13H,4H2,1-3H3/t5-,6-,7?,8?,9+/m1/s1. The van der Waals surface area contributed by atoms with Crippen LogP contribution in [0.4, 0.5) is 0 Å². The fourth-order valence-corrected chi connectivity index (χ4v) is 2.00. The Kier molecular flexibility index (Phi) is 3.75. The van der Waals surface area contributed by atoms with Gasteiger partial charge in [-0.2, -0.15) is 0 Å². The first-order valence-electron chi connectivity index (χ1n) is 4.99. The largest absolute Gasteiger partial charge is 0.390 e. The lowest BCUT2D eigenvalue weighted by Crippen LogP contribution is -2.50. The van der Waals surface area contributed by atoms with Gasteiger partial charge in [-0.05, 0) is 24.8 Å². The van der Waals surface area contributed by atoms with Crippen LogP contribution in [0.3, 0.4) is 0 Å². The molecule has 14 heavy (non-hydrogen) atoms. The molecule has 80 valence electrons. The van der Waals surface area contributed by atoms with Crippen LogP contribution in [0.2, 0.25) is 0 Å². The van der Waals surface area contributed by atoms with Gasteiger partial charge >= 0.3 is 0 Å². The zero-order valence-corrected chi connectivity index (χ0v) is 8.79. The van der Waals surface area contributed by atoms with Crippen LogP contribution in [-0.4, -0.2) is 29.5 Å². The maximum Gasteiger partial charge on any atom is 0.0837 e. The molecule has 0 bridgehead atoms. The van der Waals surface area contributed by atoms with Gasteiger partial charge in [0.2, 0.25) is 0 Å². The SMILES string of the molecule is CCC1O[C@H](C)C(N=[N+]=[N-])[C@@H](C)[C@@H]1O. The summed E-state index contributed by atoms with van der Waals surface area (Å²) in [4.78, 5) is 2.78. The molecule has 1 rings (SSSR count). The average molecular weight is 199 g/mol. The van der Waals surface area contributed by atoms with E-state index in [0.717, 1.165) is 6.42 Å². The Balaban J connectivity index is 2.78. The molecular formula is C9H17N3O2. The molecule has 0 aromatic heterocycles. The zero-order valence-electron chi connectivity index (χ0n) is 8.79. The van der Waals surface area contributed by atoms with Crippen LogP contribution >= 0.6 is 0 Å². The third kappa shape index (κ3) is 2.00. The Labute approximate surface area is 83.7 Å². The number of aliphatic hydroxyl groups excluding tert-OH is 1. The second-order valence-electron chi connectivity index (χ2n) is 3.83. The molecule has 0 aromatic rings. The predicted molar refractivity (Wildman–Crippen MR) is 52.7 cm³/mol. The van der Waals surface area contributed by atoms with E-state index in [-0.39, 0.29) is 24.2 Å². The molecule has 1 aliphatic heterocycles. The summed E-state index contributed by atoms with van der Waals surface area (Å²) in [5.74, 6) is -0.0420. The molecule has 0 radical (unpaired) electrons. The van der Waals surface area contributed by atoms with E-state index in [0.29, 0.717) is 0 Å². The minimum absolute atomic E-state index is 0.0420. The lowest BCUT2D eigenvalue weighted by molar-refractivity contribution is -0.145. The zero-order chi connectivity index (χ0) is 10.7. The second kappa shape index (κ2) is 4.64. The number of azide groups is 1. The van der Waals surface area contributed by atoms with E-state index < -0.39 is 6.10 Å². The maximum atomic E-state index is 9.84. The molecule has 1 N–H and O–H groups in total. The van der Waals surface area contributed by atoms with Crippen molar-refractivity contribution < 1.29 is 9.84 Å². The highest BCUT2D eigenvalue weighted by atomic mass is 16.5. The summed E-state index contributed by atoms with van der Waals surface area (Å²) in [6, 6.07) is -0.266. The molecule has 0 saturated carbocycles. The van der Waals surface area contributed by atoms with Crippen molar-refractivity contribution in [3.8, 4) is 0 Å². The van der Waals surface area contributed by atoms with Gasteiger partial charge in [-0.3, -0.25) is 0 Å². The molecule has 1 heterocycles. The molecular weight excluding hydrogens is 182 g/mol. The maximum absolute atomic E-state index is 9.84. The van der Waals surface area contributed by atoms with Crippen molar-refractivity contribution in [1.29, 1.82) is 0 Å². The van der Waals surface area contributed by atoms with Crippen molar-refractivity contribution in [2.75, 3.05) is 0 Å². The second-order valence-corrected chi connectivity index (χ2v) is 3.83. The predicted octanol–water partition coefficient (Wildman–Crippen LogP) is 1.86. The van der Waals surface area contributed by atoms with Crippen LogP contribution in [0.1, 0.15) is 27.2 Å². The molecule has 0 amide bonds. The summed E-state index contributed by atoms with van der Waals surface area (Å²) >= 11 is 0. The molecule has 5 nitrogen and oxygen atoms in total. The topological polar surface area (TPSA) is 78.2 Å². The minimum atomic E-state index is -0.535. The van der Waals surface area contributed by atoms with Gasteiger partial charge < -0.3 is 9.84 Å². The van der Waals surface area contributed by atoms with Gasteiger partial charge in [0.05, 0.1) is 24.4 Å². The average Bonchev–Trinajstić information content (AvgIpc) is 2.18. The van der Waals surface area contributed by atoms with E-state index >= 15 is 0 Å². The number of rotatable bonds is 2. The fourth-order valence-electron chi connectivity index (χ4n) is 2.00. The number of ether oxygens (including phenoxy) is 1. The van der Waals surface area contributed by atoms with Crippen molar-refractivity contribution in [2.45, 2.75) is 51.5 Å². The molecule has 5 heteroatoms. The fraction of sp³-hybridized carbons (Fsp3) is 1.00. The number of hydrogen-bond acceptors (Lipinski definition) is 3. The van der Waals surface area contributed by atoms with Gasteiger partial charge in [0.25, 0.3) is 0 Å². The van der Waals surface area contributed by atoms with Gasteiger partial charge in [-0.1, -0.05) is 19.0 Å². The summed E-state index contributed by atoms with van der Waals surface area (Å²) in [6.45, 7) is 5.75. The van der Waals surface area contributed by atoms with Crippen molar-refractivity contribution >= 4 is 0 Å². The van der Waals surface area contributed by atoms with E-state index in [4.69, 9.17) is 10.3 Å². The third-order valence-electron chi connectivity index (χ3n) is 2.92. The van der Waals surface area contributed by atoms with Crippen LogP contribution < -0.4 is 0 Å². The van der Waals surface area contributed by atoms with Crippen LogP contribution in [0.25, 0.3) is 10.4 Å². The number of aliphatic hydroxyl groups is 1. The molecule has 0 aliphatic carbocycles. The summed E-state index contributed by atoms with van der Waals surface area (Å²) in [7, 11) is 0. The van der Waals surface area contributed by atoms with Crippen molar-refractivity contribution in [3.05, 3.63) is 10.4 Å². The number of hydrogen-bond donors (Lipinski definition) is 1. The smallest absolute Gasteiger partial charge is 0.0837 e. The van der Waals surface area contributed by atoms with Gasteiger partial charge in [-0.25, -0.2) is 0 Å². The van der Waals surface area contributed by atoms with Crippen LogP contribution in [-0.2, 0) is 4.74 Å². The van der Waals surface area contributed by atoms with E-state index in [1.807, 2.05) is 20.8 Å². The first kappa shape index (κ1) is 11.3. The first-order valence-corrected chi connectivity index (χ1v) is 4.99. The molecule has 0 spiro atoms. The van der Waals surface area contributed by atoms with E-state index in [1.165, 1.54) is 0 Å². The highest BCUT2D eigenvalue weighted by molar-refractivity contribution is 4.92. The Morgan fingerprint density at radius 2 is 2.14 bits per heavy atom. The van der Waals surface area contributed by atoms with Gasteiger partial charge in [0.15, 0.2) is 0 Å². The first-order chi connectivity index (χ1) is 6.61. The highest BCUT2D eigenvalue weighted by Crippen LogP contribution is 2.29.